The number of benzene rings is 2. The second kappa shape index (κ2) is 6.09. The smallest absolute Gasteiger partial charge is 0.415 e. The molecule has 24 heavy (non-hydrogen) atoms. The molecule has 5 nitrogen and oxygen atoms in total. The van der Waals surface area contributed by atoms with E-state index >= 15 is 0 Å². The Morgan fingerprint density at radius 2 is 1.67 bits per heavy atom. The molecule has 1 heterocycles. The Kier molecular flexibility index (Phi) is 4.11. The highest BCUT2D eigenvalue weighted by Crippen LogP contribution is 2.24. The highest BCUT2D eigenvalue weighted by atomic mass is 32.2. The summed E-state index contributed by atoms with van der Waals surface area (Å²) < 4.78 is 43.0. The summed E-state index contributed by atoms with van der Waals surface area (Å²) in [6.45, 7) is 1.57. The highest BCUT2D eigenvalue weighted by Gasteiger charge is 2.15. The fourth-order valence-electron chi connectivity index (χ4n) is 2.34. The van der Waals surface area contributed by atoms with E-state index in [-0.39, 0.29) is 10.6 Å². The van der Waals surface area contributed by atoms with Gasteiger partial charge in [0.25, 0.3) is 0 Å². The van der Waals surface area contributed by atoms with Crippen molar-refractivity contribution in [1.29, 1.82) is 0 Å². The molecule has 0 aliphatic heterocycles. The monoisotopic (exact) mass is 347 g/mol. The zero-order valence-corrected chi connectivity index (χ0v) is 13.6. The second-order valence-electron chi connectivity index (χ2n) is 5.13. The molecule has 124 valence electrons. The molecule has 0 aliphatic carbocycles. The number of sulfone groups is 1. The Balaban J connectivity index is 2.08. The van der Waals surface area contributed by atoms with Crippen LogP contribution in [0.4, 0.5) is 4.39 Å². The molecule has 0 amide bonds. The number of nitrogens with zero attached hydrogens (tertiary/aromatic N) is 1. The Morgan fingerprint density at radius 1 is 1.04 bits per heavy atom. The van der Waals surface area contributed by atoms with Crippen molar-refractivity contribution in [3.05, 3.63) is 71.2 Å². The summed E-state index contributed by atoms with van der Waals surface area (Å²) in [5.41, 5.74) is 1.52. The van der Waals surface area contributed by atoms with E-state index in [0.29, 0.717) is 16.9 Å². The average Bonchev–Trinajstić information content (AvgIpc) is 2.97. The molecule has 0 bridgehead atoms. The summed E-state index contributed by atoms with van der Waals surface area (Å²) in [5.74, 6) is -1.01. The highest BCUT2D eigenvalue weighted by molar-refractivity contribution is 7.91. The van der Waals surface area contributed by atoms with Gasteiger partial charge in [0, 0.05) is 5.56 Å². The molecule has 0 saturated heterocycles. The number of rotatable bonds is 4. The molecule has 0 fully saturated rings. The zero-order chi connectivity index (χ0) is 17.3. The summed E-state index contributed by atoms with van der Waals surface area (Å²) in [6.07, 6.45) is 1.29. The van der Waals surface area contributed by atoms with Crippen LogP contribution in [-0.2, 0) is 9.84 Å². The van der Waals surface area contributed by atoms with Crippen LogP contribution < -0.4 is 5.76 Å². The lowest BCUT2D eigenvalue weighted by molar-refractivity contribution is 0.504. The van der Waals surface area contributed by atoms with Crippen molar-refractivity contribution < 1.29 is 17.2 Å². The van der Waals surface area contributed by atoms with Gasteiger partial charge in [0.05, 0.1) is 22.0 Å². The van der Waals surface area contributed by atoms with Crippen molar-refractivity contribution in [2.45, 2.75) is 11.8 Å². The van der Waals surface area contributed by atoms with Gasteiger partial charge in [0.2, 0.25) is 0 Å². The Hall–Kier alpha value is -2.67. The van der Waals surface area contributed by atoms with Crippen molar-refractivity contribution in [3.63, 3.8) is 0 Å². The molecule has 7 heteroatoms. The molecule has 0 atom stereocenters. The topological polar surface area (TPSA) is 69.3 Å². The van der Waals surface area contributed by atoms with E-state index in [1.165, 1.54) is 47.2 Å². The lowest BCUT2D eigenvalue weighted by Crippen LogP contribution is -2.13. The fourth-order valence-corrected chi connectivity index (χ4v) is 3.23. The lowest BCUT2D eigenvalue weighted by Gasteiger charge is -2.07. The Morgan fingerprint density at radius 3 is 2.25 bits per heavy atom. The predicted molar refractivity (Wildman–Crippen MR) is 87.4 cm³/mol. The predicted octanol–water partition coefficient (Wildman–Crippen LogP) is 3.03. The minimum Gasteiger partial charge on any atom is -0.415 e. The third-order valence-electron chi connectivity index (χ3n) is 3.67. The molecule has 0 unspecified atom stereocenters. The van der Waals surface area contributed by atoms with E-state index in [4.69, 9.17) is 4.42 Å². The molecule has 2 aromatic carbocycles. The second-order valence-corrected chi connectivity index (χ2v) is 7.40. The fraction of sp³-hybridized carbons (Fsp3) is 0.118. The first-order valence-corrected chi connectivity index (χ1v) is 8.87. The molecule has 3 rings (SSSR count). The molecule has 0 N–H and O–H groups in total. The maximum atomic E-state index is 13.1. The maximum Gasteiger partial charge on any atom is 0.424 e. The van der Waals surface area contributed by atoms with Crippen LogP contribution in [0.25, 0.3) is 16.9 Å². The third-order valence-corrected chi connectivity index (χ3v) is 5.42. The van der Waals surface area contributed by atoms with E-state index in [9.17, 15) is 17.6 Å². The molecule has 0 aliphatic rings. The summed E-state index contributed by atoms with van der Waals surface area (Å²) in [5, 5.41) is 0. The van der Waals surface area contributed by atoms with Crippen molar-refractivity contribution in [1.82, 2.24) is 4.57 Å². The van der Waals surface area contributed by atoms with E-state index in [0.717, 1.165) is 0 Å². The van der Waals surface area contributed by atoms with Crippen LogP contribution in [0.15, 0.2) is 68.9 Å². The van der Waals surface area contributed by atoms with Crippen LogP contribution in [0.1, 0.15) is 6.92 Å². The molecular formula is C17H14FNO4S. The zero-order valence-electron chi connectivity index (χ0n) is 12.8. The van der Waals surface area contributed by atoms with Crippen molar-refractivity contribution in [2.24, 2.45) is 0 Å². The Labute approximate surface area is 137 Å². The molecule has 0 saturated carbocycles. The normalized spacial score (nSPS) is 11.6. The van der Waals surface area contributed by atoms with Crippen LogP contribution >= 0.6 is 0 Å². The minimum absolute atomic E-state index is 0.0122. The number of halogens is 1. The minimum atomic E-state index is -3.29. The summed E-state index contributed by atoms with van der Waals surface area (Å²) in [7, 11) is -3.29. The van der Waals surface area contributed by atoms with Crippen LogP contribution in [-0.4, -0.2) is 18.7 Å². The van der Waals surface area contributed by atoms with Crippen LogP contribution in [0.2, 0.25) is 0 Å². The van der Waals surface area contributed by atoms with Gasteiger partial charge in [0.15, 0.2) is 9.84 Å². The number of hydrogen-bond donors (Lipinski definition) is 0. The van der Waals surface area contributed by atoms with Gasteiger partial charge in [-0.05, 0) is 36.4 Å². The molecule has 0 radical (unpaired) electrons. The summed E-state index contributed by atoms with van der Waals surface area (Å²) in [6, 6.07) is 11.6. The van der Waals surface area contributed by atoms with E-state index in [1.54, 1.807) is 19.1 Å². The average molecular weight is 347 g/mol. The van der Waals surface area contributed by atoms with E-state index in [2.05, 4.69) is 0 Å². The van der Waals surface area contributed by atoms with Gasteiger partial charge in [0.1, 0.15) is 12.1 Å². The van der Waals surface area contributed by atoms with Crippen molar-refractivity contribution in [2.75, 3.05) is 5.75 Å². The van der Waals surface area contributed by atoms with Crippen LogP contribution in [0, 0.1) is 5.82 Å². The van der Waals surface area contributed by atoms with Crippen molar-refractivity contribution in [3.8, 4) is 16.9 Å². The van der Waals surface area contributed by atoms with Crippen LogP contribution in [0.5, 0.6) is 0 Å². The lowest BCUT2D eigenvalue weighted by atomic mass is 10.1. The van der Waals surface area contributed by atoms with Gasteiger partial charge in [-0.1, -0.05) is 19.1 Å². The summed E-state index contributed by atoms with van der Waals surface area (Å²) >= 11 is 0. The maximum absolute atomic E-state index is 13.1. The Bertz CT molecular complexity index is 1020. The summed E-state index contributed by atoms with van der Waals surface area (Å²) in [4.78, 5) is 12.2. The quantitative estimate of drug-likeness (QED) is 0.727. The molecule has 0 spiro atoms. The third kappa shape index (κ3) is 2.90. The first-order valence-electron chi connectivity index (χ1n) is 7.22. The number of oxazole rings is 1. The van der Waals surface area contributed by atoms with Gasteiger partial charge >= 0.3 is 5.76 Å². The van der Waals surface area contributed by atoms with Gasteiger partial charge in [-0.15, -0.1) is 0 Å². The van der Waals surface area contributed by atoms with Crippen molar-refractivity contribution >= 4 is 9.84 Å². The molecule has 3 aromatic rings. The number of aromatic nitrogens is 1. The SMILES string of the molecule is CCS(=O)(=O)c1ccc(-c2coc(=O)n2-c2ccc(F)cc2)cc1. The first-order chi connectivity index (χ1) is 11.4. The largest absolute Gasteiger partial charge is 0.424 e. The molecule has 1 aromatic heterocycles. The van der Waals surface area contributed by atoms with Gasteiger partial charge in [-0.3, -0.25) is 0 Å². The molecular weight excluding hydrogens is 333 g/mol. The van der Waals surface area contributed by atoms with Gasteiger partial charge in [-0.25, -0.2) is 22.2 Å². The van der Waals surface area contributed by atoms with Gasteiger partial charge in [-0.2, -0.15) is 0 Å². The van der Waals surface area contributed by atoms with E-state index < -0.39 is 21.4 Å². The standard InChI is InChI=1S/C17H14FNO4S/c1-2-24(21,22)15-9-3-12(4-10-15)16-11-23-17(20)19(16)14-7-5-13(18)6-8-14/h3-11H,2H2,1H3. The number of hydrogen-bond acceptors (Lipinski definition) is 4. The van der Waals surface area contributed by atoms with Gasteiger partial charge < -0.3 is 4.42 Å². The van der Waals surface area contributed by atoms with Crippen LogP contribution in [0.3, 0.4) is 0 Å². The van der Waals surface area contributed by atoms with E-state index in [1.807, 2.05) is 0 Å². The first kappa shape index (κ1) is 16.2.